The molecule has 124 valence electrons. The van der Waals surface area contributed by atoms with Crippen molar-refractivity contribution in [3.8, 4) is 0 Å². The number of aliphatic carboxylic acids is 1. The second-order valence-electron chi connectivity index (χ2n) is 7.43. The fraction of sp³-hybridized carbons (Fsp3) is 0.929. The Morgan fingerprint density at radius 3 is 1.95 bits per heavy atom. The van der Waals surface area contributed by atoms with Crippen LogP contribution in [0.25, 0.3) is 0 Å². The lowest BCUT2D eigenvalue weighted by Gasteiger charge is -2.41. The van der Waals surface area contributed by atoms with E-state index >= 15 is 0 Å². The molecule has 0 spiro atoms. The van der Waals surface area contributed by atoms with Crippen molar-refractivity contribution in [1.82, 2.24) is 9.03 Å². The van der Waals surface area contributed by atoms with Gasteiger partial charge in [0, 0.05) is 18.6 Å². The van der Waals surface area contributed by atoms with Crippen molar-refractivity contribution in [1.29, 1.82) is 0 Å². The number of hydrogen-bond acceptors (Lipinski definition) is 3. The van der Waals surface area contributed by atoms with Crippen LogP contribution in [0, 0.1) is 17.3 Å². The summed E-state index contributed by atoms with van der Waals surface area (Å²) in [7, 11) is -3.70. The van der Waals surface area contributed by atoms with Crippen LogP contribution in [0.5, 0.6) is 0 Å². The highest BCUT2D eigenvalue weighted by atomic mass is 32.2. The molecule has 1 rings (SSSR count). The van der Waals surface area contributed by atoms with E-state index in [0.29, 0.717) is 24.9 Å². The highest BCUT2D eigenvalue weighted by Crippen LogP contribution is 2.32. The first kappa shape index (κ1) is 18.4. The molecule has 1 saturated heterocycles. The summed E-state index contributed by atoms with van der Waals surface area (Å²) in [4.78, 5) is 11.4. The van der Waals surface area contributed by atoms with Crippen molar-refractivity contribution in [3.05, 3.63) is 0 Å². The molecule has 1 fully saturated rings. The average Bonchev–Trinajstić information content (AvgIpc) is 2.25. The Hall–Kier alpha value is -0.660. The zero-order valence-electron chi connectivity index (χ0n) is 13.8. The van der Waals surface area contributed by atoms with E-state index < -0.39 is 27.1 Å². The molecule has 0 aliphatic carbocycles. The molecule has 21 heavy (non-hydrogen) atoms. The van der Waals surface area contributed by atoms with Gasteiger partial charge in [-0.3, -0.25) is 4.79 Å². The molecule has 0 aromatic rings. The SMILES string of the molecule is CC1CC(C)CN(S(=O)(=O)NC(C)(C)C(C)(C)C(=O)O)C1. The lowest BCUT2D eigenvalue weighted by Crippen LogP contribution is -2.60. The second kappa shape index (κ2) is 5.85. The lowest BCUT2D eigenvalue weighted by atomic mass is 9.75. The first-order valence-corrected chi connectivity index (χ1v) is 8.76. The van der Waals surface area contributed by atoms with Gasteiger partial charge in [0.25, 0.3) is 10.2 Å². The fourth-order valence-corrected chi connectivity index (χ4v) is 4.51. The number of nitrogens with zero attached hydrogens (tertiary/aromatic N) is 1. The predicted molar refractivity (Wildman–Crippen MR) is 82.1 cm³/mol. The zero-order chi connectivity index (χ0) is 16.6. The van der Waals surface area contributed by atoms with Gasteiger partial charge in [-0.25, -0.2) is 0 Å². The molecule has 7 heteroatoms. The van der Waals surface area contributed by atoms with Crippen molar-refractivity contribution in [2.75, 3.05) is 13.1 Å². The molecule has 1 aliphatic rings. The lowest BCUT2D eigenvalue weighted by molar-refractivity contribution is -0.150. The number of nitrogens with one attached hydrogen (secondary N) is 1. The Balaban J connectivity index is 2.97. The van der Waals surface area contributed by atoms with Gasteiger partial charge in [0.2, 0.25) is 0 Å². The number of piperidine rings is 1. The molecule has 0 bridgehead atoms. The third kappa shape index (κ3) is 3.96. The third-order valence-electron chi connectivity index (χ3n) is 4.66. The zero-order valence-corrected chi connectivity index (χ0v) is 14.6. The van der Waals surface area contributed by atoms with Crippen LogP contribution in [0.4, 0.5) is 0 Å². The van der Waals surface area contributed by atoms with Gasteiger partial charge < -0.3 is 5.11 Å². The molecule has 0 amide bonds. The Morgan fingerprint density at radius 1 is 1.14 bits per heavy atom. The van der Waals surface area contributed by atoms with Crippen molar-refractivity contribution in [2.45, 2.75) is 53.5 Å². The summed E-state index contributed by atoms with van der Waals surface area (Å²) < 4.78 is 29.2. The van der Waals surface area contributed by atoms with Crippen LogP contribution < -0.4 is 4.72 Å². The molecule has 6 nitrogen and oxygen atoms in total. The first-order valence-electron chi connectivity index (χ1n) is 7.32. The van der Waals surface area contributed by atoms with E-state index in [9.17, 15) is 18.3 Å². The quantitative estimate of drug-likeness (QED) is 0.807. The first-order chi connectivity index (χ1) is 9.29. The maximum Gasteiger partial charge on any atom is 0.310 e. The molecule has 0 aromatic heterocycles. The van der Waals surface area contributed by atoms with Gasteiger partial charge in [-0.15, -0.1) is 0 Å². The van der Waals surface area contributed by atoms with Crippen LogP contribution in [0.3, 0.4) is 0 Å². The second-order valence-corrected chi connectivity index (χ2v) is 9.10. The maximum atomic E-state index is 12.6. The fourth-order valence-electron chi connectivity index (χ4n) is 2.58. The van der Waals surface area contributed by atoms with Crippen LogP contribution in [0.2, 0.25) is 0 Å². The van der Waals surface area contributed by atoms with Crippen molar-refractivity contribution in [3.63, 3.8) is 0 Å². The Kier molecular flexibility index (Phi) is 5.12. The molecule has 1 aliphatic heterocycles. The van der Waals surface area contributed by atoms with E-state index in [2.05, 4.69) is 4.72 Å². The minimum Gasteiger partial charge on any atom is -0.481 e. The molecule has 0 radical (unpaired) electrons. The van der Waals surface area contributed by atoms with Gasteiger partial charge in [-0.05, 0) is 46.0 Å². The van der Waals surface area contributed by atoms with Crippen LogP contribution in [-0.4, -0.2) is 42.4 Å². The highest BCUT2D eigenvalue weighted by Gasteiger charge is 2.47. The normalized spacial score (nSPS) is 25.8. The van der Waals surface area contributed by atoms with Crippen molar-refractivity contribution in [2.24, 2.45) is 17.3 Å². The highest BCUT2D eigenvalue weighted by molar-refractivity contribution is 7.87. The monoisotopic (exact) mass is 320 g/mol. The number of carboxylic acids is 1. The minimum absolute atomic E-state index is 0.306. The molecule has 0 saturated carbocycles. The van der Waals surface area contributed by atoms with Crippen LogP contribution in [-0.2, 0) is 15.0 Å². The van der Waals surface area contributed by atoms with E-state index in [-0.39, 0.29) is 0 Å². The predicted octanol–water partition coefficient (Wildman–Crippen LogP) is 1.69. The summed E-state index contributed by atoms with van der Waals surface area (Å²) in [6.45, 7) is 11.3. The maximum absolute atomic E-state index is 12.6. The summed E-state index contributed by atoms with van der Waals surface area (Å²) in [6.07, 6.45) is 1.01. The van der Waals surface area contributed by atoms with Gasteiger partial charge in [-0.1, -0.05) is 13.8 Å². The summed E-state index contributed by atoms with van der Waals surface area (Å²) in [5.74, 6) is -0.419. The van der Waals surface area contributed by atoms with E-state index in [1.165, 1.54) is 18.2 Å². The standard InChI is InChI=1S/C14H28N2O4S/c1-10-7-11(2)9-16(8-10)21(19,20)15-14(5,6)13(3,4)12(17)18/h10-11,15H,7-9H2,1-6H3,(H,17,18). The number of rotatable bonds is 5. The van der Waals surface area contributed by atoms with Gasteiger partial charge in [0.1, 0.15) is 0 Å². The molecule has 2 N–H and O–H groups in total. The van der Waals surface area contributed by atoms with Crippen LogP contribution in [0.1, 0.15) is 48.0 Å². The Morgan fingerprint density at radius 2 is 1.57 bits per heavy atom. The molecule has 0 aromatic carbocycles. The number of carboxylic acid groups (broad SMARTS) is 1. The Bertz CT molecular complexity index is 489. The van der Waals surface area contributed by atoms with Crippen LogP contribution in [0.15, 0.2) is 0 Å². The third-order valence-corrected chi connectivity index (χ3v) is 6.40. The topological polar surface area (TPSA) is 86.7 Å². The van der Waals surface area contributed by atoms with E-state index in [1.54, 1.807) is 13.8 Å². The summed E-state index contributed by atoms with van der Waals surface area (Å²) >= 11 is 0. The van der Waals surface area contributed by atoms with Crippen molar-refractivity contribution < 1.29 is 18.3 Å². The largest absolute Gasteiger partial charge is 0.481 e. The number of carbonyl (C=O) groups is 1. The van der Waals surface area contributed by atoms with Gasteiger partial charge in [0.05, 0.1) is 5.41 Å². The summed E-state index contributed by atoms with van der Waals surface area (Å²) in [6, 6.07) is 0. The average molecular weight is 320 g/mol. The molecular formula is C14H28N2O4S. The minimum atomic E-state index is -3.70. The van der Waals surface area contributed by atoms with E-state index in [1.807, 2.05) is 13.8 Å². The summed E-state index contributed by atoms with van der Waals surface area (Å²) in [5, 5.41) is 9.32. The molecular weight excluding hydrogens is 292 g/mol. The smallest absolute Gasteiger partial charge is 0.310 e. The summed E-state index contributed by atoms with van der Waals surface area (Å²) in [5.41, 5.74) is -2.31. The van der Waals surface area contributed by atoms with Gasteiger partial charge in [-0.2, -0.15) is 17.4 Å². The molecule has 1 heterocycles. The molecule has 2 atom stereocenters. The number of hydrogen-bond donors (Lipinski definition) is 2. The van der Waals surface area contributed by atoms with E-state index in [4.69, 9.17) is 0 Å². The molecule has 2 unspecified atom stereocenters. The van der Waals surface area contributed by atoms with Crippen LogP contribution >= 0.6 is 0 Å². The van der Waals surface area contributed by atoms with Gasteiger partial charge >= 0.3 is 5.97 Å². The Labute approximate surface area is 128 Å². The van der Waals surface area contributed by atoms with Crippen molar-refractivity contribution >= 4 is 16.2 Å². The van der Waals surface area contributed by atoms with Gasteiger partial charge in [0.15, 0.2) is 0 Å². The van der Waals surface area contributed by atoms with E-state index in [0.717, 1.165) is 6.42 Å².